The molecular formula is C22H25N7O3. The number of aromatic nitrogens is 5. The van der Waals surface area contributed by atoms with Crippen LogP contribution in [0.25, 0.3) is 0 Å². The number of hydrogen-bond donors (Lipinski definition) is 3. The molecule has 10 nitrogen and oxygen atoms in total. The lowest BCUT2D eigenvalue weighted by atomic mass is 9.97. The number of rotatable bonds is 5. The summed E-state index contributed by atoms with van der Waals surface area (Å²) in [5.41, 5.74) is 2.71. The fourth-order valence-corrected chi connectivity index (χ4v) is 4.68. The van der Waals surface area contributed by atoms with E-state index in [1.807, 2.05) is 6.07 Å². The van der Waals surface area contributed by atoms with Crippen LogP contribution in [0.15, 0.2) is 40.2 Å². The summed E-state index contributed by atoms with van der Waals surface area (Å²) in [5, 5.41) is 9.46. The normalized spacial score (nSPS) is 17.9. The van der Waals surface area contributed by atoms with Crippen LogP contribution in [0, 0.1) is 5.92 Å². The van der Waals surface area contributed by atoms with Crippen molar-refractivity contribution in [3.63, 3.8) is 0 Å². The first-order valence-corrected chi connectivity index (χ1v) is 10.9. The Morgan fingerprint density at radius 3 is 2.84 bits per heavy atom. The molecule has 1 aromatic carbocycles. The molecule has 0 bridgehead atoms. The van der Waals surface area contributed by atoms with Crippen molar-refractivity contribution in [1.82, 2.24) is 29.6 Å². The maximum absolute atomic E-state index is 12.7. The summed E-state index contributed by atoms with van der Waals surface area (Å²) < 4.78 is 1.21. The van der Waals surface area contributed by atoms with Crippen molar-refractivity contribution < 1.29 is 4.79 Å². The van der Waals surface area contributed by atoms with Crippen molar-refractivity contribution in [2.24, 2.45) is 5.92 Å². The smallest absolute Gasteiger partial charge is 0.329 e. The molecule has 32 heavy (non-hydrogen) atoms. The highest BCUT2D eigenvalue weighted by Gasteiger charge is 2.27. The lowest BCUT2D eigenvalue weighted by Gasteiger charge is -2.32. The summed E-state index contributed by atoms with van der Waals surface area (Å²) in [7, 11) is 0. The molecule has 3 N–H and O–H groups in total. The summed E-state index contributed by atoms with van der Waals surface area (Å²) in [4.78, 5) is 46.3. The molecule has 10 heteroatoms. The number of benzene rings is 1. The first kappa shape index (κ1) is 20.2. The molecule has 1 amide bonds. The van der Waals surface area contributed by atoms with E-state index in [0.717, 1.165) is 37.8 Å². The number of aromatic amines is 2. The second-order valence-corrected chi connectivity index (χ2v) is 8.49. The van der Waals surface area contributed by atoms with Gasteiger partial charge in [0.25, 0.3) is 11.5 Å². The average Bonchev–Trinajstić information content (AvgIpc) is 3.48. The number of piperidine rings is 1. The Morgan fingerprint density at radius 1 is 1.16 bits per heavy atom. The van der Waals surface area contributed by atoms with Crippen LogP contribution in [0.5, 0.6) is 0 Å². The van der Waals surface area contributed by atoms with E-state index in [9.17, 15) is 14.4 Å². The summed E-state index contributed by atoms with van der Waals surface area (Å²) in [6.07, 6.45) is 6.25. The molecule has 1 aliphatic carbocycles. The van der Waals surface area contributed by atoms with Crippen LogP contribution < -0.4 is 16.6 Å². The van der Waals surface area contributed by atoms with Crippen LogP contribution in [-0.2, 0) is 19.4 Å². The molecule has 166 valence electrons. The zero-order valence-electron chi connectivity index (χ0n) is 17.6. The fraction of sp³-hybridized carbons (Fsp3) is 0.409. The molecule has 2 aromatic heterocycles. The maximum Gasteiger partial charge on any atom is 0.329 e. The molecule has 3 aromatic rings. The topological polar surface area (TPSA) is 129 Å². The number of nitrogens with zero attached hydrogens (tertiary/aromatic N) is 4. The van der Waals surface area contributed by atoms with E-state index in [4.69, 9.17) is 0 Å². The third kappa shape index (κ3) is 4.08. The number of H-pyrrole nitrogens is 2. The number of fused-ring (bicyclic) bond motifs is 1. The van der Waals surface area contributed by atoms with E-state index < -0.39 is 5.69 Å². The Bertz CT molecular complexity index is 1210. The van der Waals surface area contributed by atoms with Crippen LogP contribution in [0.1, 0.15) is 41.0 Å². The third-order valence-electron chi connectivity index (χ3n) is 6.26. The Labute approximate surface area is 183 Å². The number of amides is 1. The first-order valence-electron chi connectivity index (χ1n) is 10.9. The lowest BCUT2D eigenvalue weighted by Crippen LogP contribution is -2.44. The zero-order chi connectivity index (χ0) is 22.1. The van der Waals surface area contributed by atoms with Crippen molar-refractivity contribution in [1.29, 1.82) is 0 Å². The molecule has 1 fully saturated rings. The van der Waals surface area contributed by atoms with Gasteiger partial charge in [0.1, 0.15) is 12.1 Å². The summed E-state index contributed by atoms with van der Waals surface area (Å²) >= 11 is 0. The number of anilines is 2. The van der Waals surface area contributed by atoms with Gasteiger partial charge in [0, 0.05) is 31.4 Å². The van der Waals surface area contributed by atoms with E-state index in [2.05, 4.69) is 37.6 Å². The van der Waals surface area contributed by atoms with E-state index in [1.165, 1.54) is 28.1 Å². The van der Waals surface area contributed by atoms with E-state index >= 15 is 0 Å². The molecule has 1 unspecified atom stereocenters. The van der Waals surface area contributed by atoms with E-state index in [0.29, 0.717) is 18.9 Å². The van der Waals surface area contributed by atoms with Gasteiger partial charge in [-0.15, -0.1) is 0 Å². The van der Waals surface area contributed by atoms with Crippen molar-refractivity contribution in [3.8, 4) is 0 Å². The Kier molecular flexibility index (Phi) is 5.34. The van der Waals surface area contributed by atoms with Crippen molar-refractivity contribution in [2.75, 3.05) is 18.4 Å². The van der Waals surface area contributed by atoms with E-state index in [-0.39, 0.29) is 29.8 Å². The molecular weight excluding hydrogens is 410 g/mol. The maximum atomic E-state index is 12.7. The van der Waals surface area contributed by atoms with Gasteiger partial charge in [-0.1, -0.05) is 6.07 Å². The Hall–Kier alpha value is -3.69. The largest absolute Gasteiger partial charge is 0.342 e. The van der Waals surface area contributed by atoms with E-state index in [1.54, 1.807) is 4.90 Å². The van der Waals surface area contributed by atoms with Crippen LogP contribution >= 0.6 is 0 Å². The molecule has 2 aliphatic rings. The molecule has 5 rings (SSSR count). The SMILES string of the molecule is O=C(c1ncn[nH]1)N1CCCC(Cn2c(=O)cc(Nc3ccc4c(c3)CCC4)[nH]c2=O)C1. The van der Waals surface area contributed by atoms with Gasteiger partial charge in [-0.25, -0.2) is 9.78 Å². The molecule has 1 aliphatic heterocycles. The lowest BCUT2D eigenvalue weighted by molar-refractivity contribution is 0.0649. The quantitative estimate of drug-likeness (QED) is 0.556. The number of aryl methyl sites for hydroxylation is 2. The third-order valence-corrected chi connectivity index (χ3v) is 6.26. The van der Waals surface area contributed by atoms with Gasteiger partial charge < -0.3 is 10.2 Å². The predicted octanol–water partition coefficient (Wildman–Crippen LogP) is 1.44. The molecule has 1 atom stereocenters. The molecule has 0 spiro atoms. The first-order chi connectivity index (χ1) is 15.6. The number of nitrogens with one attached hydrogen (secondary N) is 3. The Morgan fingerprint density at radius 2 is 2.03 bits per heavy atom. The summed E-state index contributed by atoms with van der Waals surface area (Å²) in [6, 6.07) is 7.55. The number of likely N-dealkylation sites (tertiary alicyclic amines) is 1. The Balaban J connectivity index is 1.29. The minimum Gasteiger partial charge on any atom is -0.342 e. The number of carbonyl (C=O) groups excluding carboxylic acids is 1. The number of carbonyl (C=O) groups is 1. The fourth-order valence-electron chi connectivity index (χ4n) is 4.68. The van der Waals surface area contributed by atoms with Crippen molar-refractivity contribution >= 4 is 17.4 Å². The van der Waals surface area contributed by atoms with Crippen LogP contribution in [-0.4, -0.2) is 48.6 Å². The molecule has 0 radical (unpaired) electrons. The highest BCUT2D eigenvalue weighted by molar-refractivity contribution is 5.90. The highest BCUT2D eigenvalue weighted by Crippen LogP contribution is 2.26. The van der Waals surface area contributed by atoms with Crippen molar-refractivity contribution in [3.05, 3.63) is 68.4 Å². The van der Waals surface area contributed by atoms with Gasteiger partial charge in [-0.05, 0) is 61.3 Å². The standard InChI is InChI=1S/C22H25N7O3/c30-19-10-18(25-17-7-6-15-4-1-5-16(15)9-17)26-22(32)29(19)12-14-3-2-8-28(11-14)21(31)20-23-13-24-27-20/h6-7,9-10,13-14,25H,1-5,8,11-12H2,(H,26,32)(H,23,24,27). The monoisotopic (exact) mass is 435 g/mol. The van der Waals surface area contributed by atoms with Gasteiger partial charge in [0.15, 0.2) is 0 Å². The summed E-state index contributed by atoms with van der Waals surface area (Å²) in [5.74, 6) is 0.356. The van der Waals surface area contributed by atoms with Gasteiger partial charge in [0.05, 0.1) is 0 Å². The summed E-state index contributed by atoms with van der Waals surface area (Å²) in [6.45, 7) is 1.33. The number of hydrogen-bond acceptors (Lipinski definition) is 6. The average molecular weight is 435 g/mol. The minimum absolute atomic E-state index is 0.00458. The second-order valence-electron chi connectivity index (χ2n) is 8.49. The van der Waals surface area contributed by atoms with Crippen molar-refractivity contribution in [2.45, 2.75) is 38.6 Å². The van der Waals surface area contributed by atoms with Gasteiger partial charge in [-0.2, -0.15) is 5.10 Å². The van der Waals surface area contributed by atoms with Crippen LogP contribution in [0.2, 0.25) is 0 Å². The zero-order valence-corrected chi connectivity index (χ0v) is 17.6. The van der Waals surface area contributed by atoms with Crippen LogP contribution in [0.3, 0.4) is 0 Å². The minimum atomic E-state index is -0.458. The van der Waals surface area contributed by atoms with Gasteiger partial charge >= 0.3 is 5.69 Å². The second kappa shape index (κ2) is 8.45. The molecule has 0 saturated carbocycles. The van der Waals surface area contributed by atoms with Crippen LogP contribution in [0.4, 0.5) is 11.5 Å². The van der Waals surface area contributed by atoms with Gasteiger partial charge in [0.2, 0.25) is 5.82 Å². The molecule has 1 saturated heterocycles. The predicted molar refractivity (Wildman–Crippen MR) is 118 cm³/mol. The molecule has 3 heterocycles. The van der Waals surface area contributed by atoms with Gasteiger partial charge in [-0.3, -0.25) is 24.2 Å². The highest BCUT2D eigenvalue weighted by atomic mass is 16.2.